The first kappa shape index (κ1) is 13.5. The average molecular weight is 213 g/mol. The van der Waals surface area contributed by atoms with Crippen LogP contribution in [0.25, 0.3) is 0 Å². The third-order valence-corrected chi connectivity index (χ3v) is 2.83. The van der Waals surface area contributed by atoms with Crippen LogP contribution >= 0.6 is 11.6 Å². The molecular weight excluding hydrogens is 192 g/mol. The molecule has 0 saturated carbocycles. The SMILES string of the molecule is C=C/C(Cl)=C(/CCCC)C(C)=C(C)C. The van der Waals surface area contributed by atoms with Gasteiger partial charge in [-0.25, -0.2) is 0 Å². The van der Waals surface area contributed by atoms with Crippen LogP contribution in [0.3, 0.4) is 0 Å². The zero-order valence-corrected chi connectivity index (χ0v) is 10.5. The molecule has 0 aromatic heterocycles. The van der Waals surface area contributed by atoms with Gasteiger partial charge in [-0.3, -0.25) is 0 Å². The lowest BCUT2D eigenvalue weighted by molar-refractivity contribution is 0.788. The second-order valence-corrected chi connectivity index (χ2v) is 4.17. The first-order valence-electron chi connectivity index (χ1n) is 5.20. The Hall–Kier alpha value is -0.490. The summed E-state index contributed by atoms with van der Waals surface area (Å²) in [6.07, 6.45) is 5.17. The summed E-state index contributed by atoms with van der Waals surface area (Å²) in [7, 11) is 0. The number of hydrogen-bond acceptors (Lipinski definition) is 0. The van der Waals surface area contributed by atoms with E-state index in [1.54, 1.807) is 6.08 Å². The predicted octanol–water partition coefficient (Wildman–Crippen LogP) is 5.21. The molecule has 0 bridgehead atoms. The van der Waals surface area contributed by atoms with E-state index in [1.807, 2.05) is 0 Å². The molecule has 0 rings (SSSR count). The Balaban J connectivity index is 4.93. The van der Waals surface area contributed by atoms with E-state index in [0.717, 1.165) is 11.5 Å². The summed E-state index contributed by atoms with van der Waals surface area (Å²) in [5, 5.41) is 0.803. The molecule has 0 saturated heterocycles. The van der Waals surface area contributed by atoms with Gasteiger partial charge in [0.05, 0.1) is 0 Å². The van der Waals surface area contributed by atoms with Crippen molar-refractivity contribution in [2.24, 2.45) is 0 Å². The third kappa shape index (κ3) is 4.15. The molecule has 0 fully saturated rings. The Morgan fingerprint density at radius 1 is 1.29 bits per heavy atom. The van der Waals surface area contributed by atoms with Crippen molar-refractivity contribution in [1.29, 1.82) is 0 Å². The molecule has 80 valence electrons. The molecule has 0 aromatic rings. The van der Waals surface area contributed by atoms with Gasteiger partial charge in [-0.2, -0.15) is 0 Å². The highest BCUT2D eigenvalue weighted by Gasteiger charge is 2.05. The van der Waals surface area contributed by atoms with E-state index < -0.39 is 0 Å². The number of halogens is 1. The molecule has 0 aliphatic heterocycles. The van der Waals surface area contributed by atoms with Gasteiger partial charge in [0.25, 0.3) is 0 Å². The minimum Gasteiger partial charge on any atom is -0.0976 e. The quantitative estimate of drug-likeness (QED) is 0.549. The Morgan fingerprint density at radius 3 is 2.21 bits per heavy atom. The van der Waals surface area contributed by atoms with Crippen LogP contribution in [-0.4, -0.2) is 0 Å². The zero-order valence-electron chi connectivity index (χ0n) is 9.78. The minimum atomic E-state index is 0.803. The lowest BCUT2D eigenvalue weighted by atomic mass is 9.97. The molecular formula is C13H21Cl. The zero-order chi connectivity index (χ0) is 11.1. The van der Waals surface area contributed by atoms with Crippen LogP contribution in [0.4, 0.5) is 0 Å². The molecule has 0 N–H and O–H groups in total. The Morgan fingerprint density at radius 2 is 1.86 bits per heavy atom. The van der Waals surface area contributed by atoms with Gasteiger partial charge < -0.3 is 0 Å². The smallest absolute Gasteiger partial charge is 0.0434 e. The van der Waals surface area contributed by atoms with Gasteiger partial charge in [-0.1, -0.05) is 43.2 Å². The normalized spacial score (nSPS) is 12.1. The lowest BCUT2D eigenvalue weighted by Crippen LogP contribution is -1.91. The molecule has 0 radical (unpaired) electrons. The summed E-state index contributed by atoms with van der Waals surface area (Å²) in [6.45, 7) is 12.3. The molecule has 0 nitrogen and oxygen atoms in total. The van der Waals surface area contributed by atoms with E-state index in [0.29, 0.717) is 0 Å². The van der Waals surface area contributed by atoms with Crippen LogP contribution in [0, 0.1) is 0 Å². The van der Waals surface area contributed by atoms with Gasteiger partial charge in [0.15, 0.2) is 0 Å². The molecule has 1 heteroatoms. The van der Waals surface area contributed by atoms with Crippen molar-refractivity contribution in [1.82, 2.24) is 0 Å². The van der Waals surface area contributed by atoms with E-state index in [1.165, 1.54) is 29.6 Å². The van der Waals surface area contributed by atoms with Crippen molar-refractivity contribution in [2.45, 2.75) is 47.0 Å². The summed E-state index contributed by atoms with van der Waals surface area (Å²) in [4.78, 5) is 0. The van der Waals surface area contributed by atoms with Crippen LogP contribution in [-0.2, 0) is 0 Å². The predicted molar refractivity (Wildman–Crippen MR) is 66.6 cm³/mol. The van der Waals surface area contributed by atoms with Gasteiger partial charge in [0, 0.05) is 5.03 Å². The maximum absolute atomic E-state index is 6.13. The first-order chi connectivity index (χ1) is 6.54. The molecule has 0 aromatic carbocycles. The van der Waals surface area contributed by atoms with Gasteiger partial charge in [0.2, 0.25) is 0 Å². The second-order valence-electron chi connectivity index (χ2n) is 3.76. The summed E-state index contributed by atoms with van der Waals surface area (Å²) >= 11 is 6.13. The van der Waals surface area contributed by atoms with Crippen LogP contribution in [0.2, 0.25) is 0 Å². The minimum absolute atomic E-state index is 0.803. The van der Waals surface area contributed by atoms with Gasteiger partial charge in [-0.05, 0) is 44.8 Å². The molecule has 0 spiro atoms. The van der Waals surface area contributed by atoms with E-state index in [2.05, 4.69) is 34.3 Å². The van der Waals surface area contributed by atoms with Crippen molar-refractivity contribution < 1.29 is 0 Å². The summed E-state index contributed by atoms with van der Waals surface area (Å²) < 4.78 is 0. The molecule has 0 aliphatic carbocycles. The highest BCUT2D eigenvalue weighted by Crippen LogP contribution is 2.26. The Kier molecular flexibility index (Phi) is 6.65. The second kappa shape index (κ2) is 6.89. The Bertz CT molecular complexity index is 252. The molecule has 0 atom stereocenters. The summed E-state index contributed by atoms with van der Waals surface area (Å²) in [6, 6.07) is 0. The van der Waals surface area contributed by atoms with Crippen molar-refractivity contribution in [2.75, 3.05) is 0 Å². The van der Waals surface area contributed by atoms with Gasteiger partial charge >= 0.3 is 0 Å². The Labute approximate surface area is 93.4 Å². The first-order valence-corrected chi connectivity index (χ1v) is 5.57. The van der Waals surface area contributed by atoms with Crippen LogP contribution < -0.4 is 0 Å². The average Bonchev–Trinajstić information content (AvgIpc) is 2.17. The highest BCUT2D eigenvalue weighted by molar-refractivity contribution is 6.31. The van der Waals surface area contributed by atoms with Crippen LogP contribution in [0.15, 0.2) is 34.4 Å². The van der Waals surface area contributed by atoms with Crippen molar-refractivity contribution in [3.05, 3.63) is 34.4 Å². The van der Waals surface area contributed by atoms with Crippen molar-refractivity contribution in [3.8, 4) is 0 Å². The fourth-order valence-corrected chi connectivity index (χ4v) is 1.50. The number of unbranched alkanes of at least 4 members (excludes halogenated alkanes) is 1. The lowest BCUT2D eigenvalue weighted by Gasteiger charge is -2.11. The van der Waals surface area contributed by atoms with E-state index >= 15 is 0 Å². The summed E-state index contributed by atoms with van der Waals surface area (Å²) in [5.41, 5.74) is 3.89. The van der Waals surface area contributed by atoms with Gasteiger partial charge in [-0.15, -0.1) is 0 Å². The number of rotatable bonds is 5. The molecule has 14 heavy (non-hydrogen) atoms. The molecule has 0 amide bonds. The number of allylic oxidation sites excluding steroid dienone is 5. The third-order valence-electron chi connectivity index (χ3n) is 2.45. The van der Waals surface area contributed by atoms with Crippen molar-refractivity contribution >= 4 is 11.6 Å². The van der Waals surface area contributed by atoms with Crippen LogP contribution in [0.5, 0.6) is 0 Å². The monoisotopic (exact) mass is 212 g/mol. The standard InChI is InChI=1S/C13H21Cl/c1-6-8-9-12(13(14)7-2)11(5)10(3)4/h7H,2,6,8-9H2,1,3-5H3/b13-12+. The molecule has 0 unspecified atom stereocenters. The van der Waals surface area contributed by atoms with Crippen molar-refractivity contribution in [3.63, 3.8) is 0 Å². The maximum atomic E-state index is 6.13. The number of hydrogen-bond donors (Lipinski definition) is 0. The topological polar surface area (TPSA) is 0 Å². The van der Waals surface area contributed by atoms with E-state index in [4.69, 9.17) is 11.6 Å². The van der Waals surface area contributed by atoms with Gasteiger partial charge in [0.1, 0.15) is 0 Å². The van der Waals surface area contributed by atoms with E-state index in [9.17, 15) is 0 Å². The largest absolute Gasteiger partial charge is 0.0976 e. The molecule has 0 aliphatic rings. The van der Waals surface area contributed by atoms with E-state index in [-0.39, 0.29) is 0 Å². The highest BCUT2D eigenvalue weighted by atomic mass is 35.5. The fraction of sp³-hybridized carbons (Fsp3) is 0.538. The fourth-order valence-electron chi connectivity index (χ4n) is 1.26. The summed E-state index contributed by atoms with van der Waals surface area (Å²) in [5.74, 6) is 0. The molecule has 0 heterocycles. The van der Waals surface area contributed by atoms with Crippen LogP contribution in [0.1, 0.15) is 47.0 Å². The maximum Gasteiger partial charge on any atom is 0.0434 e.